The molecule has 0 saturated carbocycles. The van der Waals surface area contributed by atoms with Crippen LogP contribution in [-0.4, -0.2) is 25.5 Å². The van der Waals surface area contributed by atoms with E-state index >= 15 is 0 Å². The van der Waals surface area contributed by atoms with Crippen LogP contribution in [0.2, 0.25) is 0 Å². The van der Waals surface area contributed by atoms with E-state index in [1.165, 1.54) is 18.2 Å². The van der Waals surface area contributed by atoms with E-state index in [0.29, 0.717) is 5.56 Å². The Morgan fingerprint density at radius 1 is 0.947 bits per heavy atom. The molecule has 0 heterocycles. The van der Waals surface area contributed by atoms with Crippen molar-refractivity contribution in [1.82, 2.24) is 4.90 Å². The minimum atomic E-state index is -0.523. The van der Waals surface area contributed by atoms with Gasteiger partial charge in [0.05, 0.1) is 5.56 Å². The first kappa shape index (κ1) is 13.7. The highest BCUT2D eigenvalue weighted by molar-refractivity contribution is 5.65. The second-order valence-corrected chi connectivity index (χ2v) is 4.85. The topological polar surface area (TPSA) is 3.24 Å². The number of hydrogen-bond acceptors (Lipinski definition) is 1. The molecule has 0 aliphatic heterocycles. The third-order valence-corrected chi connectivity index (χ3v) is 3.03. The summed E-state index contributed by atoms with van der Waals surface area (Å²) in [6.07, 6.45) is 0.858. The fraction of sp³-hybridized carbons (Fsp3) is 0.250. The van der Waals surface area contributed by atoms with Gasteiger partial charge in [0.15, 0.2) is 0 Å². The van der Waals surface area contributed by atoms with Crippen molar-refractivity contribution in [3.63, 3.8) is 0 Å². The van der Waals surface area contributed by atoms with E-state index in [-0.39, 0.29) is 5.56 Å². The van der Waals surface area contributed by atoms with E-state index in [9.17, 15) is 8.78 Å². The van der Waals surface area contributed by atoms with Crippen molar-refractivity contribution in [1.29, 1.82) is 0 Å². The van der Waals surface area contributed by atoms with E-state index in [4.69, 9.17) is 0 Å². The average molecular weight is 261 g/mol. The van der Waals surface area contributed by atoms with Gasteiger partial charge in [0.25, 0.3) is 0 Å². The van der Waals surface area contributed by atoms with Gasteiger partial charge in [0, 0.05) is 6.54 Å². The molecule has 0 aliphatic rings. The average Bonchev–Trinajstić information content (AvgIpc) is 2.37. The summed E-state index contributed by atoms with van der Waals surface area (Å²) >= 11 is 0. The second kappa shape index (κ2) is 5.93. The van der Waals surface area contributed by atoms with E-state index < -0.39 is 11.6 Å². The van der Waals surface area contributed by atoms with Crippen LogP contribution in [0.4, 0.5) is 8.78 Å². The molecule has 0 unspecified atom stereocenters. The van der Waals surface area contributed by atoms with Crippen LogP contribution < -0.4 is 0 Å². The van der Waals surface area contributed by atoms with Crippen LogP contribution in [0.5, 0.6) is 0 Å². The number of nitrogens with zero attached hydrogens (tertiary/aromatic N) is 1. The smallest absolute Gasteiger partial charge is 0.133 e. The van der Waals surface area contributed by atoms with Gasteiger partial charge in [-0.1, -0.05) is 30.3 Å². The fourth-order valence-electron chi connectivity index (χ4n) is 2.01. The van der Waals surface area contributed by atoms with E-state index in [1.807, 2.05) is 32.3 Å². The van der Waals surface area contributed by atoms with Crippen molar-refractivity contribution < 1.29 is 8.78 Å². The lowest BCUT2D eigenvalue weighted by Crippen LogP contribution is -2.15. The maximum Gasteiger partial charge on any atom is 0.133 e. The molecule has 0 atom stereocenters. The van der Waals surface area contributed by atoms with Crippen molar-refractivity contribution in [3.8, 4) is 11.1 Å². The Balaban J connectivity index is 2.33. The van der Waals surface area contributed by atoms with Crippen LogP contribution in [0, 0.1) is 11.6 Å². The lowest BCUT2D eigenvalue weighted by Gasteiger charge is -2.11. The van der Waals surface area contributed by atoms with Gasteiger partial charge in [0.1, 0.15) is 11.6 Å². The van der Waals surface area contributed by atoms with E-state index in [0.717, 1.165) is 18.5 Å². The molecule has 19 heavy (non-hydrogen) atoms. The molecule has 3 heteroatoms. The largest absolute Gasteiger partial charge is 0.309 e. The quantitative estimate of drug-likeness (QED) is 0.810. The number of halogens is 2. The van der Waals surface area contributed by atoms with Gasteiger partial charge in [-0.15, -0.1) is 0 Å². The molecule has 100 valence electrons. The Morgan fingerprint density at radius 2 is 1.58 bits per heavy atom. The van der Waals surface area contributed by atoms with Crippen molar-refractivity contribution in [2.24, 2.45) is 0 Å². The summed E-state index contributed by atoms with van der Waals surface area (Å²) in [6.45, 7) is 0.906. The number of likely N-dealkylation sites (N-methyl/N-ethyl adjacent to an activating group) is 1. The second-order valence-electron chi connectivity index (χ2n) is 4.85. The Morgan fingerprint density at radius 3 is 2.21 bits per heavy atom. The molecular weight excluding hydrogens is 244 g/mol. The molecule has 0 fully saturated rings. The van der Waals surface area contributed by atoms with Gasteiger partial charge in [-0.25, -0.2) is 8.78 Å². The molecule has 0 spiro atoms. The van der Waals surface area contributed by atoms with Crippen LogP contribution in [0.3, 0.4) is 0 Å². The molecule has 2 aromatic carbocycles. The van der Waals surface area contributed by atoms with Gasteiger partial charge in [0.2, 0.25) is 0 Å². The molecule has 0 bridgehead atoms. The molecule has 0 radical (unpaired) electrons. The predicted octanol–water partition coefficient (Wildman–Crippen LogP) is 3.74. The van der Waals surface area contributed by atoms with Crippen LogP contribution in [0.15, 0.2) is 42.5 Å². The SMILES string of the molecule is CN(C)CCc1cccc(-c2c(F)cccc2F)c1. The lowest BCUT2D eigenvalue weighted by molar-refractivity contribution is 0.413. The predicted molar refractivity (Wildman–Crippen MR) is 74.1 cm³/mol. The first-order valence-corrected chi connectivity index (χ1v) is 6.26. The Kier molecular flexibility index (Phi) is 4.27. The summed E-state index contributed by atoms with van der Waals surface area (Å²) in [5.41, 5.74) is 1.72. The fourth-order valence-corrected chi connectivity index (χ4v) is 2.01. The van der Waals surface area contributed by atoms with Gasteiger partial charge < -0.3 is 4.90 Å². The highest BCUT2D eigenvalue weighted by atomic mass is 19.1. The minimum absolute atomic E-state index is 0.0502. The van der Waals surface area contributed by atoms with E-state index in [1.54, 1.807) is 6.07 Å². The van der Waals surface area contributed by atoms with Crippen molar-refractivity contribution in [3.05, 3.63) is 59.7 Å². The normalized spacial score (nSPS) is 11.0. The first-order chi connectivity index (χ1) is 9.08. The molecule has 0 amide bonds. The number of benzene rings is 2. The summed E-state index contributed by atoms with van der Waals surface area (Å²) in [4.78, 5) is 2.08. The summed E-state index contributed by atoms with van der Waals surface area (Å²) < 4.78 is 27.5. The molecule has 1 nitrogen and oxygen atoms in total. The Hall–Kier alpha value is -1.74. The van der Waals surface area contributed by atoms with Crippen LogP contribution in [-0.2, 0) is 6.42 Å². The van der Waals surface area contributed by atoms with Crippen LogP contribution >= 0.6 is 0 Å². The molecule has 0 aromatic heterocycles. The van der Waals surface area contributed by atoms with Gasteiger partial charge >= 0.3 is 0 Å². The molecular formula is C16H17F2N. The molecule has 2 rings (SSSR count). The number of hydrogen-bond donors (Lipinski definition) is 0. The van der Waals surface area contributed by atoms with Crippen LogP contribution in [0.1, 0.15) is 5.56 Å². The van der Waals surface area contributed by atoms with Gasteiger partial charge in [-0.3, -0.25) is 0 Å². The molecule has 2 aromatic rings. The standard InChI is InChI=1S/C16H17F2N/c1-19(2)10-9-12-5-3-6-13(11-12)16-14(17)7-4-8-15(16)18/h3-8,11H,9-10H2,1-2H3. The summed E-state index contributed by atoms with van der Waals surface area (Å²) in [5, 5.41) is 0. The van der Waals surface area contributed by atoms with Crippen molar-refractivity contribution in [2.75, 3.05) is 20.6 Å². The lowest BCUT2D eigenvalue weighted by atomic mass is 10.0. The zero-order chi connectivity index (χ0) is 13.8. The van der Waals surface area contributed by atoms with Crippen LogP contribution in [0.25, 0.3) is 11.1 Å². The third kappa shape index (κ3) is 3.38. The minimum Gasteiger partial charge on any atom is -0.309 e. The maximum absolute atomic E-state index is 13.7. The zero-order valence-corrected chi connectivity index (χ0v) is 11.2. The maximum atomic E-state index is 13.7. The monoisotopic (exact) mass is 261 g/mol. The molecule has 0 aliphatic carbocycles. The van der Waals surface area contributed by atoms with E-state index in [2.05, 4.69) is 4.90 Å². The first-order valence-electron chi connectivity index (χ1n) is 6.26. The summed E-state index contributed by atoms with van der Waals surface area (Å²) in [7, 11) is 4.00. The molecule has 0 saturated heterocycles. The van der Waals surface area contributed by atoms with Gasteiger partial charge in [-0.05, 0) is 43.8 Å². The van der Waals surface area contributed by atoms with Gasteiger partial charge in [-0.2, -0.15) is 0 Å². The molecule has 0 N–H and O–H groups in total. The summed E-state index contributed by atoms with van der Waals surface area (Å²) in [6, 6.07) is 11.4. The number of rotatable bonds is 4. The summed E-state index contributed by atoms with van der Waals surface area (Å²) in [5.74, 6) is -1.05. The highest BCUT2D eigenvalue weighted by Gasteiger charge is 2.11. The van der Waals surface area contributed by atoms with Crippen molar-refractivity contribution >= 4 is 0 Å². The Bertz CT molecular complexity index is 544. The third-order valence-electron chi connectivity index (χ3n) is 3.03. The van der Waals surface area contributed by atoms with Crippen molar-refractivity contribution in [2.45, 2.75) is 6.42 Å². The zero-order valence-electron chi connectivity index (χ0n) is 11.2. The Labute approximate surface area is 112 Å². The highest BCUT2D eigenvalue weighted by Crippen LogP contribution is 2.26.